The SMILES string of the molecule is CN(C)Cc1c(OCc2ccc(C#N)cc2)ccc2c(CCC3CCN(C(=O)O)CC3)noc12. The monoisotopic (exact) mass is 462 g/mol. The van der Waals surface area contributed by atoms with Crippen LogP contribution in [-0.4, -0.2) is 53.3 Å². The molecule has 178 valence electrons. The van der Waals surface area contributed by atoms with Crippen LogP contribution in [0.5, 0.6) is 5.75 Å². The molecule has 2 aromatic carbocycles. The van der Waals surface area contributed by atoms with Crippen molar-refractivity contribution >= 4 is 17.1 Å². The van der Waals surface area contributed by atoms with E-state index in [9.17, 15) is 4.79 Å². The minimum atomic E-state index is -0.827. The Labute approximate surface area is 199 Å². The van der Waals surface area contributed by atoms with Crippen LogP contribution in [0.3, 0.4) is 0 Å². The predicted octanol–water partition coefficient (Wildman–Crippen LogP) is 4.66. The summed E-state index contributed by atoms with van der Waals surface area (Å²) in [4.78, 5) is 14.7. The molecule has 3 aromatic rings. The first-order valence-corrected chi connectivity index (χ1v) is 11.6. The Kier molecular flexibility index (Phi) is 7.33. The second kappa shape index (κ2) is 10.6. The van der Waals surface area contributed by atoms with Gasteiger partial charge in [-0.05, 0) is 75.5 Å². The van der Waals surface area contributed by atoms with Crippen LogP contribution in [0.15, 0.2) is 40.9 Å². The number of hydrogen-bond donors (Lipinski definition) is 1. The van der Waals surface area contributed by atoms with Gasteiger partial charge in [-0.15, -0.1) is 0 Å². The largest absolute Gasteiger partial charge is 0.488 e. The molecule has 1 aliphatic rings. The summed E-state index contributed by atoms with van der Waals surface area (Å²) < 4.78 is 12.0. The van der Waals surface area contributed by atoms with Crippen LogP contribution in [0.4, 0.5) is 4.79 Å². The zero-order chi connectivity index (χ0) is 24.1. The van der Waals surface area contributed by atoms with E-state index in [4.69, 9.17) is 19.6 Å². The lowest BCUT2D eigenvalue weighted by Crippen LogP contribution is -2.37. The fourth-order valence-corrected chi connectivity index (χ4v) is 4.46. The Bertz CT molecular complexity index is 1170. The molecule has 1 aromatic heterocycles. The van der Waals surface area contributed by atoms with E-state index < -0.39 is 6.09 Å². The van der Waals surface area contributed by atoms with E-state index in [0.29, 0.717) is 37.7 Å². The molecule has 34 heavy (non-hydrogen) atoms. The lowest BCUT2D eigenvalue weighted by molar-refractivity contribution is 0.123. The Morgan fingerprint density at radius 1 is 1.24 bits per heavy atom. The fraction of sp³-hybridized carbons (Fsp3) is 0.423. The minimum Gasteiger partial charge on any atom is -0.488 e. The highest BCUT2D eigenvalue weighted by Crippen LogP contribution is 2.33. The van der Waals surface area contributed by atoms with Crippen LogP contribution in [0.25, 0.3) is 11.0 Å². The molecule has 1 aliphatic heterocycles. The third-order valence-corrected chi connectivity index (χ3v) is 6.40. The normalized spacial score (nSPS) is 14.5. The van der Waals surface area contributed by atoms with Crippen LogP contribution in [0.1, 0.15) is 41.6 Å². The Balaban J connectivity index is 1.47. The summed E-state index contributed by atoms with van der Waals surface area (Å²) >= 11 is 0. The van der Waals surface area contributed by atoms with Gasteiger partial charge in [0.15, 0.2) is 5.58 Å². The number of carbonyl (C=O) groups is 1. The zero-order valence-electron chi connectivity index (χ0n) is 19.7. The molecular formula is C26H30N4O4. The summed E-state index contributed by atoms with van der Waals surface area (Å²) in [5.74, 6) is 1.26. The first kappa shape index (κ1) is 23.6. The second-order valence-electron chi connectivity index (χ2n) is 9.14. The molecular weight excluding hydrogens is 432 g/mol. The van der Waals surface area contributed by atoms with E-state index in [1.165, 1.54) is 4.90 Å². The maximum atomic E-state index is 11.1. The van der Waals surface area contributed by atoms with Crippen LogP contribution in [0.2, 0.25) is 0 Å². The summed E-state index contributed by atoms with van der Waals surface area (Å²) in [5.41, 5.74) is 4.27. The number of likely N-dealkylation sites (tertiary alicyclic amines) is 1. The highest BCUT2D eigenvalue weighted by atomic mass is 16.5. The van der Waals surface area contributed by atoms with Crippen molar-refractivity contribution in [1.82, 2.24) is 15.0 Å². The van der Waals surface area contributed by atoms with Gasteiger partial charge in [0.1, 0.15) is 12.4 Å². The van der Waals surface area contributed by atoms with Gasteiger partial charge in [0.2, 0.25) is 0 Å². The van der Waals surface area contributed by atoms with E-state index in [1.54, 1.807) is 12.1 Å². The summed E-state index contributed by atoms with van der Waals surface area (Å²) in [5, 5.41) is 23.5. The van der Waals surface area contributed by atoms with Crippen molar-refractivity contribution in [2.45, 2.75) is 38.8 Å². The highest BCUT2D eigenvalue weighted by Gasteiger charge is 2.23. The number of nitrogens with zero attached hydrogens (tertiary/aromatic N) is 4. The van der Waals surface area contributed by atoms with Gasteiger partial charge in [-0.1, -0.05) is 17.3 Å². The van der Waals surface area contributed by atoms with E-state index in [2.05, 4.69) is 16.1 Å². The number of benzene rings is 2. The number of rotatable bonds is 8. The molecule has 1 N–H and O–H groups in total. The molecule has 0 aliphatic carbocycles. The fourth-order valence-electron chi connectivity index (χ4n) is 4.46. The smallest absolute Gasteiger partial charge is 0.407 e. The van der Waals surface area contributed by atoms with Crippen molar-refractivity contribution in [1.29, 1.82) is 5.26 Å². The van der Waals surface area contributed by atoms with Crippen molar-refractivity contribution in [3.63, 3.8) is 0 Å². The quantitative estimate of drug-likeness (QED) is 0.519. The van der Waals surface area contributed by atoms with Gasteiger partial charge in [0.05, 0.1) is 22.9 Å². The van der Waals surface area contributed by atoms with Crippen LogP contribution >= 0.6 is 0 Å². The molecule has 1 fully saturated rings. The number of carboxylic acid groups (broad SMARTS) is 1. The molecule has 0 bridgehead atoms. The van der Waals surface area contributed by atoms with Crippen LogP contribution < -0.4 is 4.74 Å². The summed E-state index contributed by atoms with van der Waals surface area (Å²) in [6, 6.07) is 13.5. The minimum absolute atomic E-state index is 0.397. The molecule has 0 saturated carbocycles. The lowest BCUT2D eigenvalue weighted by Gasteiger charge is -2.29. The number of piperidine rings is 1. The van der Waals surface area contributed by atoms with E-state index >= 15 is 0 Å². The number of aromatic nitrogens is 1. The van der Waals surface area contributed by atoms with Crippen molar-refractivity contribution in [3.05, 3.63) is 58.8 Å². The molecule has 0 atom stereocenters. The van der Waals surface area contributed by atoms with Crippen molar-refractivity contribution in [3.8, 4) is 11.8 Å². The standard InChI is InChI=1S/C26H30N4O4/c1-29(2)16-22-24(33-17-20-5-3-19(15-27)4-6-20)10-8-21-23(28-34-25(21)22)9-7-18-11-13-30(14-12-18)26(31)32/h3-6,8,10,18H,7,9,11-14,16-17H2,1-2H3,(H,31,32). The first-order valence-electron chi connectivity index (χ1n) is 11.6. The number of aryl methyl sites for hydroxylation is 1. The predicted molar refractivity (Wildman–Crippen MR) is 128 cm³/mol. The Morgan fingerprint density at radius 3 is 2.62 bits per heavy atom. The van der Waals surface area contributed by atoms with Gasteiger partial charge in [0, 0.05) is 25.0 Å². The molecule has 2 heterocycles. The van der Waals surface area contributed by atoms with E-state index in [-0.39, 0.29) is 0 Å². The Hall–Kier alpha value is -3.57. The number of hydrogen-bond acceptors (Lipinski definition) is 6. The van der Waals surface area contributed by atoms with Gasteiger partial charge in [-0.2, -0.15) is 5.26 Å². The number of fused-ring (bicyclic) bond motifs is 1. The third kappa shape index (κ3) is 5.49. The molecule has 4 rings (SSSR count). The average molecular weight is 463 g/mol. The van der Waals surface area contributed by atoms with E-state index in [1.807, 2.05) is 38.4 Å². The molecule has 0 radical (unpaired) electrons. The summed E-state index contributed by atoms with van der Waals surface area (Å²) in [6.07, 6.45) is 2.72. The summed E-state index contributed by atoms with van der Waals surface area (Å²) in [7, 11) is 4.01. The van der Waals surface area contributed by atoms with Crippen LogP contribution in [-0.2, 0) is 19.6 Å². The first-order chi connectivity index (χ1) is 16.4. The van der Waals surface area contributed by atoms with Crippen molar-refractivity contribution in [2.24, 2.45) is 5.92 Å². The van der Waals surface area contributed by atoms with Gasteiger partial charge in [0.25, 0.3) is 0 Å². The van der Waals surface area contributed by atoms with E-state index in [0.717, 1.165) is 59.2 Å². The number of nitriles is 1. The molecule has 1 amide bonds. The Morgan fingerprint density at radius 2 is 1.97 bits per heavy atom. The van der Waals surface area contributed by atoms with Crippen molar-refractivity contribution < 1.29 is 19.2 Å². The second-order valence-corrected chi connectivity index (χ2v) is 9.14. The average Bonchev–Trinajstić information content (AvgIpc) is 3.26. The molecule has 8 nitrogen and oxygen atoms in total. The molecule has 1 saturated heterocycles. The van der Waals surface area contributed by atoms with Crippen molar-refractivity contribution in [2.75, 3.05) is 27.2 Å². The van der Waals surface area contributed by atoms with Crippen LogP contribution in [0, 0.1) is 17.2 Å². The zero-order valence-corrected chi connectivity index (χ0v) is 19.7. The van der Waals surface area contributed by atoms with Gasteiger partial charge in [-0.25, -0.2) is 4.79 Å². The van der Waals surface area contributed by atoms with Gasteiger partial charge >= 0.3 is 6.09 Å². The summed E-state index contributed by atoms with van der Waals surface area (Å²) in [6.45, 7) is 2.26. The maximum Gasteiger partial charge on any atom is 0.407 e. The highest BCUT2D eigenvalue weighted by molar-refractivity contribution is 5.84. The molecule has 8 heteroatoms. The topological polar surface area (TPSA) is 103 Å². The maximum absolute atomic E-state index is 11.1. The van der Waals surface area contributed by atoms with Gasteiger partial charge in [-0.3, -0.25) is 0 Å². The lowest BCUT2D eigenvalue weighted by atomic mass is 9.91. The number of amides is 1. The molecule has 0 unspecified atom stereocenters. The number of ether oxygens (including phenoxy) is 1. The molecule has 0 spiro atoms. The third-order valence-electron chi connectivity index (χ3n) is 6.40. The van der Waals surface area contributed by atoms with Gasteiger partial charge < -0.3 is 24.2 Å².